The van der Waals surface area contributed by atoms with Gasteiger partial charge < -0.3 is 14.8 Å². The number of rotatable bonds is 4. The number of thioether (sulfide) groups is 1. The van der Waals surface area contributed by atoms with Crippen LogP contribution >= 0.6 is 27.7 Å². The van der Waals surface area contributed by atoms with Crippen molar-refractivity contribution in [1.29, 1.82) is 0 Å². The molecule has 0 spiro atoms. The van der Waals surface area contributed by atoms with E-state index < -0.39 is 11.2 Å². The van der Waals surface area contributed by atoms with Gasteiger partial charge >= 0.3 is 5.97 Å². The van der Waals surface area contributed by atoms with Gasteiger partial charge in [0.25, 0.3) is 0 Å². The number of carbonyl (C=O) groups excluding carboxylic acids is 1. The molecular weight excluding hydrogens is 338 g/mol. The van der Waals surface area contributed by atoms with Gasteiger partial charge in [-0.3, -0.25) is 9.59 Å². The molecule has 0 radical (unpaired) electrons. The van der Waals surface area contributed by atoms with E-state index in [0.29, 0.717) is 10.4 Å². The summed E-state index contributed by atoms with van der Waals surface area (Å²) in [5.74, 6) is -0.896. The van der Waals surface area contributed by atoms with Crippen LogP contribution in [0.5, 0.6) is 0 Å². The molecule has 1 aliphatic rings. The Kier molecular flexibility index (Phi) is 4.38. The maximum Gasteiger partial charge on any atom is 0.305 e. The van der Waals surface area contributed by atoms with E-state index in [-0.39, 0.29) is 17.5 Å². The first-order valence-electron chi connectivity index (χ1n) is 5.10. The van der Waals surface area contributed by atoms with E-state index in [9.17, 15) is 9.59 Å². The summed E-state index contributed by atoms with van der Waals surface area (Å²) >= 11 is 4.19. The Labute approximate surface area is 120 Å². The largest absolute Gasteiger partial charge is 0.481 e. The van der Waals surface area contributed by atoms with Crippen molar-refractivity contribution in [3.8, 4) is 0 Å². The molecule has 9 heteroatoms. The molecule has 0 bridgehead atoms. The smallest absolute Gasteiger partial charge is 0.305 e. The van der Waals surface area contributed by atoms with Gasteiger partial charge in [0.15, 0.2) is 9.84 Å². The SMILES string of the molecule is O=C(O)C[C@@H]1S/C(=N\N=C/c2ccc(Br)o2)NC1=O. The lowest BCUT2D eigenvalue weighted by molar-refractivity contribution is -0.138. The zero-order valence-electron chi connectivity index (χ0n) is 9.37. The Morgan fingerprint density at radius 2 is 2.42 bits per heavy atom. The van der Waals surface area contributed by atoms with Crippen LogP contribution in [0.25, 0.3) is 0 Å². The molecule has 19 heavy (non-hydrogen) atoms. The summed E-state index contributed by atoms with van der Waals surface area (Å²) in [6.45, 7) is 0. The Hall–Kier alpha value is -1.61. The van der Waals surface area contributed by atoms with E-state index in [2.05, 4.69) is 31.4 Å². The highest BCUT2D eigenvalue weighted by Gasteiger charge is 2.32. The molecule has 1 amide bonds. The van der Waals surface area contributed by atoms with Crippen LogP contribution in [0.2, 0.25) is 0 Å². The molecule has 2 rings (SSSR count). The second-order valence-electron chi connectivity index (χ2n) is 3.49. The molecule has 2 N–H and O–H groups in total. The molecule has 0 saturated carbocycles. The fraction of sp³-hybridized carbons (Fsp3) is 0.200. The standard InChI is InChI=1S/C10H8BrN3O4S/c11-7-2-1-5(18-7)4-12-14-10-13-9(17)6(19-10)3-8(15)16/h1-2,4,6H,3H2,(H,15,16)(H,13,14,17)/b12-4-/t6-/m0/s1. The molecule has 1 aromatic heterocycles. The molecule has 100 valence electrons. The molecule has 0 aromatic carbocycles. The van der Waals surface area contributed by atoms with Gasteiger partial charge in [0, 0.05) is 0 Å². The number of carbonyl (C=O) groups is 2. The zero-order valence-corrected chi connectivity index (χ0v) is 11.8. The van der Waals surface area contributed by atoms with E-state index in [4.69, 9.17) is 9.52 Å². The van der Waals surface area contributed by atoms with Crippen molar-refractivity contribution < 1.29 is 19.1 Å². The van der Waals surface area contributed by atoms with Crippen molar-refractivity contribution in [2.24, 2.45) is 10.2 Å². The van der Waals surface area contributed by atoms with Gasteiger partial charge in [0.2, 0.25) is 5.91 Å². The number of furan rings is 1. The van der Waals surface area contributed by atoms with Gasteiger partial charge in [0.1, 0.15) is 11.0 Å². The van der Waals surface area contributed by atoms with Crippen LogP contribution in [0, 0.1) is 0 Å². The van der Waals surface area contributed by atoms with Crippen molar-refractivity contribution in [1.82, 2.24) is 5.32 Å². The lowest BCUT2D eigenvalue weighted by atomic mass is 10.3. The van der Waals surface area contributed by atoms with Crippen molar-refractivity contribution in [3.63, 3.8) is 0 Å². The quantitative estimate of drug-likeness (QED) is 0.634. The number of hydrogen-bond donors (Lipinski definition) is 2. The second-order valence-corrected chi connectivity index (χ2v) is 5.46. The van der Waals surface area contributed by atoms with E-state index >= 15 is 0 Å². The molecular formula is C10H8BrN3O4S. The van der Waals surface area contributed by atoms with Crippen LogP contribution in [0.4, 0.5) is 0 Å². The molecule has 1 fully saturated rings. The number of aliphatic carboxylic acids is 1. The predicted octanol–water partition coefficient (Wildman–Crippen LogP) is 1.44. The second kappa shape index (κ2) is 6.02. The van der Waals surface area contributed by atoms with E-state index in [1.165, 1.54) is 6.21 Å². The van der Waals surface area contributed by atoms with Gasteiger partial charge in [-0.25, -0.2) is 0 Å². The Bertz CT molecular complexity index is 569. The van der Waals surface area contributed by atoms with Gasteiger partial charge in [0.05, 0.1) is 12.6 Å². The van der Waals surface area contributed by atoms with Crippen LogP contribution in [-0.4, -0.2) is 33.6 Å². The fourth-order valence-electron chi connectivity index (χ4n) is 1.28. The van der Waals surface area contributed by atoms with Crippen molar-refractivity contribution in [2.45, 2.75) is 11.7 Å². The Morgan fingerprint density at radius 3 is 3.05 bits per heavy atom. The molecule has 0 unspecified atom stereocenters. The molecule has 1 aromatic rings. The van der Waals surface area contributed by atoms with Crippen LogP contribution in [0.3, 0.4) is 0 Å². The minimum atomic E-state index is -1.03. The van der Waals surface area contributed by atoms with E-state index in [1.807, 2.05) is 0 Å². The summed E-state index contributed by atoms with van der Waals surface area (Å²) in [4.78, 5) is 21.9. The van der Waals surface area contributed by atoms with Gasteiger partial charge in [-0.15, -0.1) is 5.10 Å². The fourth-order valence-corrected chi connectivity index (χ4v) is 2.52. The summed E-state index contributed by atoms with van der Waals surface area (Å²) in [6, 6.07) is 3.41. The summed E-state index contributed by atoms with van der Waals surface area (Å²) in [5, 5.41) is 18.2. The van der Waals surface area contributed by atoms with Crippen LogP contribution < -0.4 is 5.32 Å². The number of amidine groups is 1. The van der Waals surface area contributed by atoms with Gasteiger partial charge in [-0.05, 0) is 28.1 Å². The van der Waals surface area contributed by atoms with Crippen LogP contribution in [0.15, 0.2) is 31.4 Å². The first-order chi connectivity index (χ1) is 9.04. The molecule has 7 nitrogen and oxygen atoms in total. The lowest BCUT2D eigenvalue weighted by Crippen LogP contribution is -2.26. The molecule has 2 heterocycles. The molecule has 0 aliphatic carbocycles. The van der Waals surface area contributed by atoms with Crippen LogP contribution in [0.1, 0.15) is 12.2 Å². The highest BCUT2D eigenvalue weighted by atomic mass is 79.9. The van der Waals surface area contributed by atoms with Crippen molar-refractivity contribution in [2.75, 3.05) is 0 Å². The zero-order chi connectivity index (χ0) is 13.8. The third-order valence-corrected chi connectivity index (χ3v) is 3.56. The first-order valence-corrected chi connectivity index (χ1v) is 6.77. The Balaban J connectivity index is 1.96. The average molecular weight is 346 g/mol. The minimum Gasteiger partial charge on any atom is -0.481 e. The summed E-state index contributed by atoms with van der Waals surface area (Å²) in [6.07, 6.45) is 1.14. The van der Waals surface area contributed by atoms with Gasteiger partial charge in [-0.2, -0.15) is 5.10 Å². The van der Waals surface area contributed by atoms with E-state index in [1.54, 1.807) is 12.1 Å². The first kappa shape index (κ1) is 13.8. The maximum absolute atomic E-state index is 11.4. The van der Waals surface area contributed by atoms with Gasteiger partial charge in [-0.1, -0.05) is 11.8 Å². The normalized spacial score (nSPS) is 21.2. The molecule has 1 atom stereocenters. The summed E-state index contributed by atoms with van der Waals surface area (Å²) < 4.78 is 5.74. The molecule has 1 saturated heterocycles. The lowest BCUT2D eigenvalue weighted by Gasteiger charge is -1.97. The number of nitrogens with zero attached hydrogens (tertiary/aromatic N) is 2. The number of nitrogens with one attached hydrogen (secondary N) is 1. The maximum atomic E-state index is 11.4. The van der Waals surface area contributed by atoms with E-state index in [0.717, 1.165) is 11.8 Å². The summed E-state index contributed by atoms with van der Waals surface area (Å²) in [5.41, 5.74) is 0. The minimum absolute atomic E-state index is 0.246. The monoisotopic (exact) mass is 345 g/mol. The van der Waals surface area contributed by atoms with Crippen molar-refractivity contribution >= 4 is 51.0 Å². The number of carboxylic acids is 1. The average Bonchev–Trinajstić information content (AvgIpc) is 2.86. The highest BCUT2D eigenvalue weighted by Crippen LogP contribution is 2.22. The third kappa shape index (κ3) is 3.93. The highest BCUT2D eigenvalue weighted by molar-refractivity contribution is 9.10. The predicted molar refractivity (Wildman–Crippen MR) is 73.2 cm³/mol. The number of carboxylic acid groups (broad SMARTS) is 1. The van der Waals surface area contributed by atoms with Crippen LogP contribution in [-0.2, 0) is 9.59 Å². The number of hydrogen-bond acceptors (Lipinski definition) is 6. The topological polar surface area (TPSA) is 104 Å². The van der Waals surface area contributed by atoms with Crippen molar-refractivity contribution in [3.05, 3.63) is 22.6 Å². The summed E-state index contributed by atoms with van der Waals surface area (Å²) in [7, 11) is 0. The number of amides is 1. The number of halogens is 1. The third-order valence-electron chi connectivity index (χ3n) is 2.06. The molecule has 1 aliphatic heterocycles. The Morgan fingerprint density at radius 1 is 1.63 bits per heavy atom.